The Labute approximate surface area is 313 Å². The highest BCUT2D eigenvalue weighted by atomic mass is 16.5. The number of aliphatic hydroxyl groups excluding tert-OH is 1. The zero-order chi connectivity index (χ0) is 38.2. The fourth-order valence-corrected chi connectivity index (χ4v) is 6.80. The van der Waals surface area contributed by atoms with E-state index < -0.39 is 61.5 Å². The molecular weight excluding hydrogens is 690 g/mol. The van der Waals surface area contributed by atoms with Crippen molar-refractivity contribution in [3.63, 3.8) is 0 Å². The summed E-state index contributed by atoms with van der Waals surface area (Å²) < 4.78 is 5.83. The zero-order valence-corrected chi connectivity index (χ0v) is 30.3. The first-order valence-electron chi connectivity index (χ1n) is 18.1. The lowest BCUT2D eigenvalue weighted by atomic mass is 9.93. The van der Waals surface area contributed by atoms with Gasteiger partial charge in [-0.3, -0.25) is 33.9 Å². The van der Waals surface area contributed by atoms with Crippen molar-refractivity contribution < 1.29 is 33.8 Å². The third-order valence-corrected chi connectivity index (χ3v) is 9.68. The highest BCUT2D eigenvalue weighted by Gasteiger charge is 2.39. The van der Waals surface area contributed by atoms with Gasteiger partial charge in [0.05, 0.1) is 30.2 Å². The molecule has 4 N–H and O–H groups in total. The van der Waals surface area contributed by atoms with E-state index in [4.69, 9.17) is 4.74 Å². The summed E-state index contributed by atoms with van der Waals surface area (Å²) in [7, 11) is 0. The minimum absolute atomic E-state index is 0.162. The number of amides is 5. The van der Waals surface area contributed by atoms with Crippen molar-refractivity contribution in [2.75, 3.05) is 39.4 Å². The molecule has 0 spiro atoms. The molecule has 14 heteroatoms. The molecule has 14 nitrogen and oxygen atoms in total. The number of aromatic nitrogens is 2. The van der Waals surface area contributed by atoms with Crippen molar-refractivity contribution in [3.05, 3.63) is 102 Å². The highest BCUT2D eigenvalue weighted by Crippen LogP contribution is 2.31. The number of aliphatic hydroxyl groups is 1. The number of carbonyl (C=O) groups is 5. The van der Waals surface area contributed by atoms with Gasteiger partial charge in [0.1, 0.15) is 17.8 Å². The van der Waals surface area contributed by atoms with Crippen LogP contribution in [-0.4, -0.2) is 112 Å². The average molecular weight is 736 g/mol. The number of likely N-dealkylation sites (tertiary alicyclic amines) is 1. The summed E-state index contributed by atoms with van der Waals surface area (Å²) in [6.07, 6.45) is 3.87. The molecule has 3 aromatic carbocycles. The molecule has 4 aromatic rings. The van der Waals surface area contributed by atoms with Crippen LogP contribution in [0.1, 0.15) is 47.7 Å². The van der Waals surface area contributed by atoms with Crippen molar-refractivity contribution in [3.8, 4) is 5.75 Å². The van der Waals surface area contributed by atoms with E-state index in [9.17, 15) is 29.1 Å². The van der Waals surface area contributed by atoms with Gasteiger partial charge in [-0.1, -0.05) is 56.3 Å². The van der Waals surface area contributed by atoms with E-state index in [2.05, 4.69) is 25.9 Å². The van der Waals surface area contributed by atoms with E-state index in [1.807, 2.05) is 50.2 Å². The minimum atomic E-state index is -1.31. The van der Waals surface area contributed by atoms with Gasteiger partial charge in [0, 0.05) is 49.9 Å². The molecule has 5 amide bonds. The maximum Gasteiger partial charge on any atom is 0.258 e. The van der Waals surface area contributed by atoms with Crippen LogP contribution in [0, 0.1) is 5.92 Å². The quantitative estimate of drug-likeness (QED) is 0.220. The van der Waals surface area contributed by atoms with E-state index in [1.165, 1.54) is 4.90 Å². The van der Waals surface area contributed by atoms with Crippen LogP contribution in [0.25, 0.3) is 11.0 Å². The third-order valence-electron chi connectivity index (χ3n) is 9.68. The standard InChI is InChI=1S/C40H45N7O7/c1-25(2)13-16-46-22-36(49)43-33(17-26-7-4-3-5-8-26)38(51)45-34-21-47(39(52)28-11-12-31-32(19-28)42-15-14-41-31)20-30(34)27-9-6-10-29(18-27)54-24-37(50)44-35(23-48)40(46)53/h3-12,14-15,18-19,25,30,33-35,48H,13,16-17,20-24H2,1-2H3,(H,43,49)(H,44,50)(H,45,51)/t30-,33-,34+,35-/m0/s1. The maximum absolute atomic E-state index is 14.3. The number of nitrogens with one attached hydrogen (secondary N) is 3. The van der Waals surface area contributed by atoms with Crippen LogP contribution < -0.4 is 20.7 Å². The van der Waals surface area contributed by atoms with Crippen molar-refractivity contribution in [1.82, 2.24) is 35.7 Å². The van der Waals surface area contributed by atoms with Crippen LogP contribution in [0.15, 0.2) is 85.2 Å². The molecule has 0 radical (unpaired) electrons. The Balaban J connectivity index is 1.34. The van der Waals surface area contributed by atoms with Gasteiger partial charge in [-0.15, -0.1) is 0 Å². The molecule has 0 aliphatic carbocycles. The second kappa shape index (κ2) is 17.3. The Morgan fingerprint density at radius 3 is 2.39 bits per heavy atom. The largest absolute Gasteiger partial charge is 0.484 e. The summed E-state index contributed by atoms with van der Waals surface area (Å²) in [5.74, 6) is -2.37. The molecule has 282 valence electrons. The van der Waals surface area contributed by atoms with Crippen molar-refractivity contribution in [2.24, 2.45) is 5.92 Å². The second-order valence-electron chi connectivity index (χ2n) is 14.1. The molecule has 1 saturated heterocycles. The van der Waals surface area contributed by atoms with Gasteiger partial charge in [0.25, 0.3) is 11.8 Å². The molecule has 0 unspecified atom stereocenters. The predicted octanol–water partition coefficient (Wildman–Crippen LogP) is 1.83. The van der Waals surface area contributed by atoms with Gasteiger partial charge >= 0.3 is 0 Å². The van der Waals surface area contributed by atoms with E-state index in [1.54, 1.807) is 53.7 Å². The molecule has 1 aromatic heterocycles. The summed E-state index contributed by atoms with van der Waals surface area (Å²) in [6.45, 7) is 3.04. The number of ether oxygens (including phenoxy) is 1. The van der Waals surface area contributed by atoms with Crippen LogP contribution >= 0.6 is 0 Å². The number of hydrogen-bond donors (Lipinski definition) is 4. The lowest BCUT2D eigenvalue weighted by Gasteiger charge is -2.29. The van der Waals surface area contributed by atoms with E-state index in [0.717, 1.165) is 11.1 Å². The second-order valence-corrected chi connectivity index (χ2v) is 14.1. The summed E-state index contributed by atoms with van der Waals surface area (Å²) >= 11 is 0. The zero-order valence-electron chi connectivity index (χ0n) is 30.3. The van der Waals surface area contributed by atoms with Crippen LogP contribution in [0.5, 0.6) is 5.75 Å². The molecule has 0 saturated carbocycles. The molecule has 2 aliphatic rings. The highest BCUT2D eigenvalue weighted by molar-refractivity contribution is 5.98. The molecular formula is C40H45N7O7. The molecule has 1 fully saturated rings. The first-order chi connectivity index (χ1) is 26.1. The summed E-state index contributed by atoms with van der Waals surface area (Å²) in [4.78, 5) is 80.2. The molecule has 6 rings (SSSR count). The fourth-order valence-electron chi connectivity index (χ4n) is 6.80. The van der Waals surface area contributed by atoms with Crippen molar-refractivity contribution in [2.45, 2.75) is 50.7 Å². The van der Waals surface area contributed by atoms with Crippen molar-refractivity contribution in [1.29, 1.82) is 0 Å². The molecule has 2 bridgehead atoms. The lowest BCUT2D eigenvalue weighted by molar-refractivity contribution is -0.141. The summed E-state index contributed by atoms with van der Waals surface area (Å²) in [5, 5.41) is 18.7. The molecule has 3 heterocycles. The normalized spacial score (nSPS) is 21.4. The van der Waals surface area contributed by atoms with E-state index in [-0.39, 0.29) is 43.8 Å². The SMILES string of the molecule is CC(C)CCN1CC(=O)N[C@@H](Cc2ccccc2)C(=O)N[C@@H]2CN(C(=O)c3ccc4nccnc4c3)C[C@H]2c2cccc(c2)OCC(=O)N[C@@H](CO)C1=O. The van der Waals surface area contributed by atoms with E-state index in [0.29, 0.717) is 28.8 Å². The third kappa shape index (κ3) is 9.36. The van der Waals surface area contributed by atoms with Crippen LogP contribution in [0.4, 0.5) is 0 Å². The summed E-state index contributed by atoms with van der Waals surface area (Å²) in [5.41, 5.74) is 3.22. The summed E-state index contributed by atoms with van der Waals surface area (Å²) in [6, 6.07) is 18.6. The maximum atomic E-state index is 14.3. The Bertz CT molecular complexity index is 1990. The van der Waals surface area contributed by atoms with Crippen LogP contribution in [-0.2, 0) is 25.6 Å². The topological polar surface area (TPSA) is 183 Å². The van der Waals surface area contributed by atoms with E-state index >= 15 is 0 Å². The Hall–Kier alpha value is -5.89. The first kappa shape index (κ1) is 37.9. The van der Waals surface area contributed by atoms with Crippen LogP contribution in [0.2, 0.25) is 0 Å². The number of rotatable bonds is 7. The van der Waals surface area contributed by atoms with Crippen LogP contribution in [0.3, 0.4) is 0 Å². The number of carbonyl (C=O) groups excluding carboxylic acids is 5. The Kier molecular flexibility index (Phi) is 12.1. The Morgan fingerprint density at radius 2 is 1.63 bits per heavy atom. The minimum Gasteiger partial charge on any atom is -0.484 e. The van der Waals surface area contributed by atoms with Gasteiger partial charge in [0.15, 0.2) is 6.61 Å². The first-order valence-corrected chi connectivity index (χ1v) is 18.1. The van der Waals surface area contributed by atoms with Gasteiger partial charge in [-0.25, -0.2) is 0 Å². The molecule has 54 heavy (non-hydrogen) atoms. The molecule has 2 aliphatic heterocycles. The van der Waals surface area contributed by atoms with Crippen molar-refractivity contribution >= 4 is 40.6 Å². The van der Waals surface area contributed by atoms with Gasteiger partial charge < -0.3 is 35.6 Å². The lowest BCUT2D eigenvalue weighted by Crippen LogP contribution is -2.56. The van der Waals surface area contributed by atoms with Gasteiger partial charge in [-0.2, -0.15) is 0 Å². The Morgan fingerprint density at radius 1 is 0.870 bits per heavy atom. The monoisotopic (exact) mass is 735 g/mol. The number of fused-ring (bicyclic) bond motifs is 5. The van der Waals surface area contributed by atoms with Gasteiger partial charge in [-0.05, 0) is 53.8 Å². The number of nitrogens with zero attached hydrogens (tertiary/aromatic N) is 4. The number of benzene rings is 3. The predicted molar refractivity (Wildman–Crippen MR) is 199 cm³/mol. The fraction of sp³-hybridized carbons (Fsp3) is 0.375. The molecule has 4 atom stereocenters. The number of hydrogen-bond acceptors (Lipinski definition) is 9. The van der Waals surface area contributed by atoms with Gasteiger partial charge in [0.2, 0.25) is 17.7 Å². The average Bonchev–Trinajstić information content (AvgIpc) is 3.60. The smallest absolute Gasteiger partial charge is 0.258 e.